The first-order valence-corrected chi connectivity index (χ1v) is 10.6. The van der Waals surface area contributed by atoms with E-state index in [1.165, 1.54) is 23.3 Å². The molecule has 172 valence electrons. The van der Waals surface area contributed by atoms with Gasteiger partial charge in [0.1, 0.15) is 23.7 Å². The van der Waals surface area contributed by atoms with Gasteiger partial charge in [0.15, 0.2) is 5.69 Å². The van der Waals surface area contributed by atoms with Crippen molar-refractivity contribution in [3.63, 3.8) is 0 Å². The number of hydrogen-bond donors (Lipinski definition) is 0. The second-order valence-corrected chi connectivity index (χ2v) is 8.55. The predicted octanol–water partition coefficient (Wildman–Crippen LogP) is 3.46. The Morgan fingerprint density at radius 2 is 1.94 bits per heavy atom. The number of ether oxygens (including phenoxy) is 1. The number of fused-ring (bicyclic) bond motifs is 2. The van der Waals surface area contributed by atoms with Crippen molar-refractivity contribution in [1.29, 1.82) is 0 Å². The van der Waals surface area contributed by atoms with Gasteiger partial charge in [0.2, 0.25) is 0 Å². The third-order valence-electron chi connectivity index (χ3n) is 6.30. The van der Waals surface area contributed by atoms with Crippen molar-refractivity contribution in [2.24, 2.45) is 5.92 Å². The van der Waals surface area contributed by atoms with Gasteiger partial charge in [-0.1, -0.05) is 0 Å². The molecule has 1 aliphatic carbocycles. The molecule has 33 heavy (non-hydrogen) atoms. The Morgan fingerprint density at radius 3 is 2.61 bits per heavy atom. The van der Waals surface area contributed by atoms with Crippen molar-refractivity contribution in [3.05, 3.63) is 59.9 Å². The van der Waals surface area contributed by atoms with Crippen molar-refractivity contribution in [2.45, 2.75) is 37.9 Å². The third-order valence-corrected chi connectivity index (χ3v) is 6.30. The Bertz CT molecular complexity index is 1160. The van der Waals surface area contributed by atoms with Gasteiger partial charge < -0.3 is 9.64 Å². The van der Waals surface area contributed by atoms with Crippen LogP contribution in [0.3, 0.4) is 0 Å². The number of halogens is 3. The molecule has 2 aliphatic heterocycles. The van der Waals surface area contributed by atoms with Gasteiger partial charge in [0.25, 0.3) is 5.91 Å². The van der Waals surface area contributed by atoms with E-state index in [-0.39, 0.29) is 24.0 Å². The van der Waals surface area contributed by atoms with Gasteiger partial charge >= 0.3 is 6.18 Å². The van der Waals surface area contributed by atoms with Crippen molar-refractivity contribution < 1.29 is 22.7 Å². The Hall–Kier alpha value is -3.50. The molecule has 0 radical (unpaired) electrons. The average Bonchev–Trinajstić information content (AvgIpc) is 3.31. The highest BCUT2D eigenvalue weighted by atomic mass is 19.4. The molecule has 2 bridgehead atoms. The minimum absolute atomic E-state index is 0.170. The zero-order valence-electron chi connectivity index (χ0n) is 17.8. The van der Waals surface area contributed by atoms with Crippen LogP contribution in [0.2, 0.25) is 0 Å². The molecule has 1 saturated carbocycles. The fraction of sp³-hybridized carbons (Fsp3) is 0.409. The lowest BCUT2D eigenvalue weighted by molar-refractivity contribution is -0.141. The minimum atomic E-state index is -4.51. The lowest BCUT2D eigenvalue weighted by Gasteiger charge is -2.58. The van der Waals surface area contributed by atoms with Gasteiger partial charge in [-0.05, 0) is 56.4 Å². The first-order valence-electron chi connectivity index (χ1n) is 10.6. The molecule has 0 atom stereocenters. The number of hydrogen-bond acceptors (Lipinski definition) is 6. The van der Waals surface area contributed by atoms with E-state index in [2.05, 4.69) is 20.2 Å². The smallest absolute Gasteiger partial charge is 0.433 e. The molecular weight excluding hydrogens is 437 g/mol. The van der Waals surface area contributed by atoms with E-state index in [9.17, 15) is 18.0 Å². The fourth-order valence-electron chi connectivity index (χ4n) is 4.69. The number of carbonyl (C=O) groups is 1. The second-order valence-electron chi connectivity index (χ2n) is 8.55. The molecule has 3 fully saturated rings. The molecule has 8 nitrogen and oxygen atoms in total. The molecule has 3 aromatic rings. The molecule has 0 aromatic carbocycles. The molecule has 11 heteroatoms. The molecule has 6 rings (SSSR count). The maximum atomic E-state index is 13.7. The molecular formula is C22H21F3N6O2. The topological polar surface area (TPSA) is 86.0 Å². The van der Waals surface area contributed by atoms with Crippen LogP contribution in [0, 0.1) is 12.8 Å². The lowest BCUT2D eigenvalue weighted by Crippen LogP contribution is -2.67. The van der Waals surface area contributed by atoms with Crippen LogP contribution in [-0.4, -0.2) is 54.5 Å². The Kier molecular flexibility index (Phi) is 5.06. The van der Waals surface area contributed by atoms with Gasteiger partial charge in [0, 0.05) is 12.2 Å². The summed E-state index contributed by atoms with van der Waals surface area (Å²) in [5.74, 6) is 0.494. The van der Waals surface area contributed by atoms with Crippen LogP contribution in [-0.2, 0) is 6.18 Å². The van der Waals surface area contributed by atoms with Crippen molar-refractivity contribution in [2.75, 3.05) is 13.2 Å². The van der Waals surface area contributed by atoms with E-state index in [1.807, 2.05) is 6.92 Å². The molecule has 3 aliphatic rings. The number of pyridine rings is 2. The molecule has 0 spiro atoms. The molecule has 5 heterocycles. The maximum absolute atomic E-state index is 13.7. The van der Waals surface area contributed by atoms with Gasteiger partial charge in [-0.15, -0.1) is 4.80 Å². The summed E-state index contributed by atoms with van der Waals surface area (Å²) < 4.78 is 44.1. The van der Waals surface area contributed by atoms with Gasteiger partial charge in [-0.2, -0.15) is 23.4 Å². The quantitative estimate of drug-likeness (QED) is 0.582. The molecule has 0 unspecified atom stereocenters. The number of carbonyl (C=O) groups excluding carboxylic acids is 1. The predicted molar refractivity (Wildman–Crippen MR) is 110 cm³/mol. The maximum Gasteiger partial charge on any atom is 0.433 e. The summed E-state index contributed by atoms with van der Waals surface area (Å²) in [6.45, 7) is 2.53. The van der Waals surface area contributed by atoms with E-state index in [0.717, 1.165) is 31.5 Å². The van der Waals surface area contributed by atoms with Crippen LogP contribution >= 0.6 is 0 Å². The van der Waals surface area contributed by atoms with E-state index in [0.29, 0.717) is 23.8 Å². The summed E-state index contributed by atoms with van der Waals surface area (Å²) in [5.41, 5.74) is -0.0781. The summed E-state index contributed by atoms with van der Waals surface area (Å²) in [4.78, 5) is 24.8. The highest BCUT2D eigenvalue weighted by molar-refractivity contribution is 5.96. The number of aryl methyl sites for hydroxylation is 1. The van der Waals surface area contributed by atoms with Crippen LogP contribution in [0.15, 0.2) is 42.9 Å². The standard InChI is InChI=1S/C22H21F3N6O2/c1-14-2-4-17(31-27-7-8-28-31)19(29-14)20(32)30-9-6-15-10-21(30,11-15)13-33-16-3-5-18(26-12-16)22(23,24)25/h2-5,7-8,12,15H,6,9-11,13H2,1H3. The van der Waals surface area contributed by atoms with Crippen LogP contribution in [0.1, 0.15) is 41.1 Å². The first-order chi connectivity index (χ1) is 15.7. The van der Waals surface area contributed by atoms with Crippen molar-refractivity contribution >= 4 is 5.91 Å². The molecule has 1 amide bonds. The van der Waals surface area contributed by atoms with E-state index in [1.54, 1.807) is 17.0 Å². The number of piperidine rings is 2. The SMILES string of the molecule is Cc1ccc(-n2nccn2)c(C(=O)N2CCC3CC2(COc2ccc(C(F)(F)F)nc2)C3)n1. The van der Waals surface area contributed by atoms with E-state index in [4.69, 9.17) is 4.74 Å². The summed E-state index contributed by atoms with van der Waals surface area (Å²) in [5, 5.41) is 8.27. The summed E-state index contributed by atoms with van der Waals surface area (Å²) in [6, 6.07) is 5.70. The summed E-state index contributed by atoms with van der Waals surface area (Å²) >= 11 is 0. The Morgan fingerprint density at radius 1 is 1.18 bits per heavy atom. The fourth-order valence-corrected chi connectivity index (χ4v) is 4.69. The van der Waals surface area contributed by atoms with E-state index < -0.39 is 17.4 Å². The van der Waals surface area contributed by atoms with Gasteiger partial charge in [-0.25, -0.2) is 9.97 Å². The summed E-state index contributed by atoms with van der Waals surface area (Å²) in [6.07, 6.45) is 2.04. The Balaban J connectivity index is 1.38. The third kappa shape index (κ3) is 3.91. The largest absolute Gasteiger partial charge is 0.490 e. The number of amides is 1. The minimum Gasteiger partial charge on any atom is -0.490 e. The number of nitrogens with zero attached hydrogens (tertiary/aromatic N) is 6. The summed E-state index contributed by atoms with van der Waals surface area (Å²) in [7, 11) is 0. The number of alkyl halides is 3. The van der Waals surface area contributed by atoms with Gasteiger partial charge in [-0.3, -0.25) is 4.79 Å². The van der Waals surface area contributed by atoms with Crippen molar-refractivity contribution in [1.82, 2.24) is 29.9 Å². The highest BCUT2D eigenvalue weighted by Gasteiger charge is 2.55. The molecule has 0 N–H and O–H groups in total. The lowest BCUT2D eigenvalue weighted by atomic mass is 9.63. The number of aromatic nitrogens is 5. The monoisotopic (exact) mass is 458 g/mol. The zero-order valence-corrected chi connectivity index (χ0v) is 17.8. The first kappa shape index (κ1) is 21.4. The van der Waals surface area contributed by atoms with Crippen LogP contribution < -0.4 is 4.74 Å². The highest BCUT2D eigenvalue weighted by Crippen LogP contribution is 2.49. The van der Waals surface area contributed by atoms with Crippen LogP contribution in [0.5, 0.6) is 5.75 Å². The zero-order chi connectivity index (χ0) is 23.2. The normalized spacial score (nSPS) is 22.1. The second kappa shape index (κ2) is 7.82. The average molecular weight is 458 g/mol. The molecule has 2 saturated heterocycles. The van der Waals surface area contributed by atoms with Crippen LogP contribution in [0.4, 0.5) is 13.2 Å². The molecule has 3 aromatic heterocycles. The Labute approximate surface area is 187 Å². The van der Waals surface area contributed by atoms with Gasteiger partial charge in [0.05, 0.1) is 24.1 Å². The number of rotatable bonds is 5. The van der Waals surface area contributed by atoms with Crippen molar-refractivity contribution in [3.8, 4) is 11.4 Å². The van der Waals surface area contributed by atoms with Crippen LogP contribution in [0.25, 0.3) is 5.69 Å². The van der Waals surface area contributed by atoms with E-state index >= 15 is 0 Å².